The highest BCUT2D eigenvalue weighted by molar-refractivity contribution is 6.22. The molecule has 4 heterocycles. The van der Waals surface area contributed by atoms with E-state index in [0.29, 0.717) is 30.8 Å². The average Bonchev–Trinajstić information content (AvgIpc) is 2.98. The summed E-state index contributed by atoms with van der Waals surface area (Å²) in [6.07, 6.45) is 0.939. The third-order valence-electron chi connectivity index (χ3n) is 6.36. The highest BCUT2D eigenvalue weighted by Crippen LogP contribution is 2.35. The number of benzene rings is 1. The van der Waals surface area contributed by atoms with E-state index in [-0.39, 0.29) is 23.3 Å². The molecule has 2 aromatic rings. The Kier molecular flexibility index (Phi) is 3.94. The molecule has 3 aliphatic rings. The van der Waals surface area contributed by atoms with Crippen LogP contribution in [-0.4, -0.2) is 51.2 Å². The lowest BCUT2D eigenvalue weighted by atomic mass is 9.83. The zero-order valence-corrected chi connectivity index (χ0v) is 16.1. The Hall–Kier alpha value is -3.22. The number of nitrogens with zero attached hydrogens (tertiary/aromatic N) is 3. The third kappa shape index (κ3) is 2.64. The fourth-order valence-electron chi connectivity index (χ4n) is 5.01. The minimum absolute atomic E-state index is 0.00336. The topological polar surface area (TPSA) is 79.7 Å². The van der Waals surface area contributed by atoms with Crippen LogP contribution in [0.2, 0.25) is 0 Å². The smallest absolute Gasteiger partial charge is 0.262 e. The van der Waals surface area contributed by atoms with Crippen molar-refractivity contribution < 1.29 is 14.4 Å². The van der Waals surface area contributed by atoms with Gasteiger partial charge in [-0.25, -0.2) is 0 Å². The van der Waals surface area contributed by atoms with Gasteiger partial charge in [-0.15, -0.1) is 0 Å². The van der Waals surface area contributed by atoms with Crippen LogP contribution in [0.5, 0.6) is 0 Å². The van der Waals surface area contributed by atoms with E-state index in [0.717, 1.165) is 17.0 Å². The fraction of sp³-hybridized carbons (Fsp3) is 0.364. The molecule has 5 rings (SSSR count). The van der Waals surface area contributed by atoms with Crippen molar-refractivity contribution in [1.82, 2.24) is 14.4 Å². The lowest BCUT2D eigenvalue weighted by molar-refractivity contribution is -0.137. The normalized spacial score (nSPS) is 23.6. The second kappa shape index (κ2) is 6.40. The zero-order chi connectivity index (χ0) is 20.3. The molecule has 0 saturated carbocycles. The van der Waals surface area contributed by atoms with Crippen molar-refractivity contribution in [3.8, 4) is 0 Å². The minimum atomic E-state index is -0.862. The van der Waals surface area contributed by atoms with Gasteiger partial charge in [-0.05, 0) is 37.5 Å². The van der Waals surface area contributed by atoms with Gasteiger partial charge in [0.1, 0.15) is 6.04 Å². The average molecular weight is 391 g/mol. The van der Waals surface area contributed by atoms with Gasteiger partial charge in [-0.3, -0.25) is 24.1 Å². The van der Waals surface area contributed by atoms with Crippen LogP contribution in [0.3, 0.4) is 0 Å². The summed E-state index contributed by atoms with van der Waals surface area (Å²) in [5.41, 5.74) is 1.65. The number of pyridine rings is 1. The molecule has 3 aliphatic heterocycles. The first-order valence-electron chi connectivity index (χ1n) is 9.91. The van der Waals surface area contributed by atoms with E-state index in [9.17, 15) is 19.2 Å². The predicted molar refractivity (Wildman–Crippen MR) is 105 cm³/mol. The summed E-state index contributed by atoms with van der Waals surface area (Å²) in [6, 6.07) is 11.1. The Balaban J connectivity index is 1.39. The molecule has 0 aliphatic carbocycles. The maximum Gasteiger partial charge on any atom is 0.262 e. The van der Waals surface area contributed by atoms with Gasteiger partial charge in [0.25, 0.3) is 17.4 Å². The van der Waals surface area contributed by atoms with Gasteiger partial charge in [-0.2, -0.15) is 0 Å². The summed E-state index contributed by atoms with van der Waals surface area (Å²) >= 11 is 0. The molecule has 3 atom stereocenters. The maximum atomic E-state index is 13.2. The first-order chi connectivity index (χ1) is 14.0. The summed E-state index contributed by atoms with van der Waals surface area (Å²) < 4.78 is 1.81. The van der Waals surface area contributed by atoms with Crippen molar-refractivity contribution in [2.75, 3.05) is 13.1 Å². The Morgan fingerprint density at radius 3 is 2.31 bits per heavy atom. The van der Waals surface area contributed by atoms with Gasteiger partial charge < -0.3 is 9.47 Å². The number of hydrogen-bond acceptors (Lipinski definition) is 4. The van der Waals surface area contributed by atoms with Gasteiger partial charge in [0, 0.05) is 37.3 Å². The van der Waals surface area contributed by atoms with Crippen molar-refractivity contribution in [2.24, 2.45) is 5.92 Å². The molecule has 29 heavy (non-hydrogen) atoms. The predicted octanol–water partition coefficient (Wildman–Crippen LogP) is 1.48. The Morgan fingerprint density at radius 1 is 0.931 bits per heavy atom. The quantitative estimate of drug-likeness (QED) is 0.727. The van der Waals surface area contributed by atoms with E-state index in [4.69, 9.17) is 0 Å². The lowest BCUT2D eigenvalue weighted by Crippen LogP contribution is -2.55. The number of piperidine rings is 1. The summed E-state index contributed by atoms with van der Waals surface area (Å²) in [5.74, 6) is -0.767. The molecule has 1 fully saturated rings. The standard InChI is InChI=1S/C22H21N3O4/c1-13(25-21(28)16-5-2-3-6-17(16)22(25)29)20(27)23-10-14-9-15(12-23)18-7-4-8-19(26)24(18)11-14/h2-8,13-15H,9-12H2,1H3/t13-,14+,15-/m1/s1. The molecule has 3 amide bonds. The summed E-state index contributed by atoms with van der Waals surface area (Å²) in [5, 5.41) is 0. The Labute approximate surface area is 167 Å². The van der Waals surface area contributed by atoms with Gasteiger partial charge in [0.15, 0.2) is 0 Å². The van der Waals surface area contributed by atoms with Crippen molar-refractivity contribution in [3.63, 3.8) is 0 Å². The van der Waals surface area contributed by atoms with Crippen LogP contribution >= 0.6 is 0 Å². The summed E-state index contributed by atoms with van der Waals surface area (Å²) in [6.45, 7) is 3.24. The van der Waals surface area contributed by atoms with Crippen LogP contribution in [0.15, 0.2) is 47.3 Å². The van der Waals surface area contributed by atoms with Crippen LogP contribution in [0.4, 0.5) is 0 Å². The number of amides is 3. The van der Waals surface area contributed by atoms with Gasteiger partial charge in [-0.1, -0.05) is 18.2 Å². The molecule has 0 radical (unpaired) electrons. The molecule has 7 heteroatoms. The first kappa shape index (κ1) is 17.8. The van der Waals surface area contributed by atoms with E-state index in [1.807, 2.05) is 10.6 Å². The lowest BCUT2D eigenvalue weighted by Gasteiger charge is -2.43. The van der Waals surface area contributed by atoms with Gasteiger partial charge in [0.05, 0.1) is 11.1 Å². The van der Waals surface area contributed by atoms with E-state index >= 15 is 0 Å². The highest BCUT2D eigenvalue weighted by Gasteiger charge is 2.44. The molecule has 0 unspecified atom stereocenters. The van der Waals surface area contributed by atoms with Crippen molar-refractivity contribution >= 4 is 17.7 Å². The van der Waals surface area contributed by atoms with Crippen molar-refractivity contribution in [2.45, 2.75) is 31.8 Å². The molecule has 1 aromatic carbocycles. The number of imide groups is 1. The second-order valence-electron chi connectivity index (χ2n) is 8.14. The minimum Gasteiger partial charge on any atom is -0.340 e. The molecular formula is C22H21N3O4. The molecule has 0 spiro atoms. The van der Waals surface area contributed by atoms with Crippen molar-refractivity contribution in [3.05, 3.63) is 69.6 Å². The van der Waals surface area contributed by atoms with Crippen LogP contribution < -0.4 is 5.56 Å². The number of fused-ring (bicyclic) bond motifs is 5. The van der Waals surface area contributed by atoms with E-state index in [1.165, 1.54) is 0 Å². The van der Waals surface area contributed by atoms with Gasteiger partial charge >= 0.3 is 0 Å². The molecule has 1 aromatic heterocycles. The van der Waals surface area contributed by atoms with E-state index < -0.39 is 17.9 Å². The SMILES string of the molecule is C[C@H](C(=O)N1C[C@@H]2C[C@H](C1)c1cccc(=O)n1C2)N1C(=O)c2ccccc2C1=O. The highest BCUT2D eigenvalue weighted by atomic mass is 16.2. The van der Waals surface area contributed by atoms with E-state index in [1.54, 1.807) is 48.2 Å². The number of carbonyl (C=O) groups excluding carboxylic acids is 3. The number of rotatable bonds is 2. The maximum absolute atomic E-state index is 13.2. The molecule has 1 saturated heterocycles. The third-order valence-corrected chi connectivity index (χ3v) is 6.36. The molecule has 0 N–H and O–H groups in total. The van der Waals surface area contributed by atoms with Crippen LogP contribution in [0.1, 0.15) is 45.7 Å². The molecular weight excluding hydrogens is 370 g/mol. The number of likely N-dealkylation sites (tertiary alicyclic amines) is 1. The number of carbonyl (C=O) groups is 3. The first-order valence-corrected chi connectivity index (χ1v) is 9.91. The number of aromatic nitrogens is 1. The van der Waals surface area contributed by atoms with Gasteiger partial charge in [0.2, 0.25) is 5.91 Å². The molecule has 2 bridgehead atoms. The second-order valence-corrected chi connectivity index (χ2v) is 8.14. The zero-order valence-electron chi connectivity index (χ0n) is 16.1. The molecule has 148 valence electrons. The van der Waals surface area contributed by atoms with Crippen molar-refractivity contribution in [1.29, 1.82) is 0 Å². The Bertz CT molecular complexity index is 1070. The fourth-order valence-corrected chi connectivity index (χ4v) is 5.01. The number of hydrogen-bond donors (Lipinski definition) is 0. The van der Waals surface area contributed by atoms with E-state index in [2.05, 4.69) is 0 Å². The monoisotopic (exact) mass is 391 g/mol. The molecule has 7 nitrogen and oxygen atoms in total. The largest absolute Gasteiger partial charge is 0.340 e. The summed E-state index contributed by atoms with van der Waals surface area (Å²) in [4.78, 5) is 53.7. The van der Waals surface area contributed by atoms with Crippen LogP contribution in [-0.2, 0) is 11.3 Å². The van der Waals surface area contributed by atoms with Crippen LogP contribution in [0, 0.1) is 5.92 Å². The summed E-state index contributed by atoms with van der Waals surface area (Å²) in [7, 11) is 0. The Morgan fingerprint density at radius 2 is 1.62 bits per heavy atom. The van der Waals surface area contributed by atoms with Crippen LogP contribution in [0.25, 0.3) is 0 Å².